The number of aliphatic hydroxyl groups is 1. The van der Waals surface area contributed by atoms with Gasteiger partial charge in [-0.3, -0.25) is 4.90 Å². The number of pyridine rings is 1. The number of nitrogens with zero attached hydrogens (tertiary/aromatic N) is 3. The van der Waals surface area contributed by atoms with Crippen molar-refractivity contribution >= 4 is 5.65 Å². The Morgan fingerprint density at radius 2 is 2.10 bits per heavy atom. The molecule has 21 heavy (non-hydrogen) atoms. The molecule has 116 valence electrons. The van der Waals surface area contributed by atoms with E-state index in [0.29, 0.717) is 12.1 Å². The summed E-state index contributed by atoms with van der Waals surface area (Å²) < 4.78 is 39.6. The van der Waals surface area contributed by atoms with Gasteiger partial charge in [0, 0.05) is 31.6 Å². The summed E-state index contributed by atoms with van der Waals surface area (Å²) in [5.74, 6) is 0. The van der Waals surface area contributed by atoms with Crippen molar-refractivity contribution in [1.82, 2.24) is 14.3 Å². The largest absolute Gasteiger partial charge is 0.401 e. The smallest absolute Gasteiger partial charge is 0.396 e. The van der Waals surface area contributed by atoms with Gasteiger partial charge >= 0.3 is 6.18 Å². The third kappa shape index (κ3) is 4.44. The Bertz CT molecular complexity index is 595. The van der Waals surface area contributed by atoms with E-state index in [9.17, 15) is 13.2 Å². The molecule has 2 aromatic heterocycles. The molecular formula is C14H18F3N3O. The van der Waals surface area contributed by atoms with E-state index in [4.69, 9.17) is 5.11 Å². The Balaban J connectivity index is 2.15. The van der Waals surface area contributed by atoms with Crippen molar-refractivity contribution in [3.05, 3.63) is 35.8 Å². The zero-order chi connectivity index (χ0) is 15.5. The average molecular weight is 301 g/mol. The normalized spacial score (nSPS) is 12.5. The zero-order valence-corrected chi connectivity index (χ0v) is 11.8. The van der Waals surface area contributed by atoms with Gasteiger partial charge in [0.2, 0.25) is 0 Å². The van der Waals surface area contributed by atoms with Crippen molar-refractivity contribution in [2.75, 3.05) is 19.7 Å². The van der Waals surface area contributed by atoms with Gasteiger partial charge in [-0.15, -0.1) is 0 Å². The summed E-state index contributed by atoms with van der Waals surface area (Å²) in [6.45, 7) is 1.08. The summed E-state index contributed by atoms with van der Waals surface area (Å²) >= 11 is 0. The first-order valence-electron chi connectivity index (χ1n) is 6.72. The van der Waals surface area contributed by atoms with Crippen molar-refractivity contribution in [2.45, 2.75) is 26.1 Å². The maximum absolute atomic E-state index is 12.6. The standard InChI is InChI=1S/C14H18F3N3O/c1-11-4-2-5-13-18-12(9-20(11)13)8-19(6-3-7-21)10-14(15,16)17/h2,4-5,9,21H,3,6-8,10H2,1H3. The molecule has 2 heterocycles. The van der Waals surface area contributed by atoms with Crippen LogP contribution in [0.5, 0.6) is 0 Å². The number of hydrogen-bond donors (Lipinski definition) is 1. The number of alkyl halides is 3. The van der Waals surface area contributed by atoms with Crippen LogP contribution in [-0.4, -0.2) is 45.3 Å². The predicted molar refractivity (Wildman–Crippen MR) is 73.0 cm³/mol. The van der Waals surface area contributed by atoms with Crippen LogP contribution in [0.1, 0.15) is 17.8 Å². The van der Waals surface area contributed by atoms with Crippen LogP contribution < -0.4 is 0 Å². The second kappa shape index (κ2) is 6.44. The second-order valence-corrected chi connectivity index (χ2v) is 5.03. The molecule has 7 heteroatoms. The summed E-state index contributed by atoms with van der Waals surface area (Å²) in [7, 11) is 0. The molecule has 0 saturated carbocycles. The molecule has 0 radical (unpaired) electrons. The summed E-state index contributed by atoms with van der Waals surface area (Å²) in [6.07, 6.45) is -2.19. The van der Waals surface area contributed by atoms with E-state index in [2.05, 4.69) is 4.98 Å². The van der Waals surface area contributed by atoms with Crippen LogP contribution in [0.4, 0.5) is 13.2 Å². The van der Waals surface area contributed by atoms with Crippen LogP contribution in [0.25, 0.3) is 5.65 Å². The maximum atomic E-state index is 12.6. The molecular weight excluding hydrogens is 283 g/mol. The number of imidazole rings is 1. The number of aromatic nitrogens is 2. The van der Waals surface area contributed by atoms with Crippen LogP contribution in [0.3, 0.4) is 0 Å². The summed E-state index contributed by atoms with van der Waals surface area (Å²) in [6, 6.07) is 5.59. The highest BCUT2D eigenvalue weighted by atomic mass is 19.4. The van der Waals surface area contributed by atoms with E-state index in [0.717, 1.165) is 11.3 Å². The predicted octanol–water partition coefficient (Wildman–Crippen LogP) is 2.39. The Hall–Kier alpha value is -1.60. The fourth-order valence-corrected chi connectivity index (χ4v) is 2.27. The zero-order valence-electron chi connectivity index (χ0n) is 11.8. The average Bonchev–Trinajstić information content (AvgIpc) is 2.78. The Morgan fingerprint density at radius 1 is 1.33 bits per heavy atom. The van der Waals surface area contributed by atoms with E-state index in [1.54, 1.807) is 6.20 Å². The highest BCUT2D eigenvalue weighted by molar-refractivity contribution is 5.41. The van der Waals surface area contributed by atoms with Crippen LogP contribution in [0.15, 0.2) is 24.4 Å². The first kappa shape index (κ1) is 15.8. The van der Waals surface area contributed by atoms with Gasteiger partial charge in [0.25, 0.3) is 0 Å². The lowest BCUT2D eigenvalue weighted by molar-refractivity contribution is -0.147. The highest BCUT2D eigenvalue weighted by Crippen LogP contribution is 2.18. The number of fused-ring (bicyclic) bond motifs is 1. The molecule has 0 aromatic carbocycles. The minimum absolute atomic E-state index is 0.112. The molecule has 2 aromatic rings. The molecule has 0 unspecified atom stereocenters. The Labute approximate surface area is 120 Å². The highest BCUT2D eigenvalue weighted by Gasteiger charge is 2.30. The fraction of sp³-hybridized carbons (Fsp3) is 0.500. The van der Waals surface area contributed by atoms with Crippen LogP contribution in [0.2, 0.25) is 0 Å². The molecule has 0 bridgehead atoms. The van der Waals surface area contributed by atoms with Gasteiger partial charge in [0.15, 0.2) is 0 Å². The SMILES string of the molecule is Cc1cccc2nc(CN(CCCO)CC(F)(F)F)cn12. The fourth-order valence-electron chi connectivity index (χ4n) is 2.27. The van der Waals surface area contributed by atoms with Gasteiger partial charge in [-0.2, -0.15) is 13.2 Å². The van der Waals surface area contributed by atoms with Crippen molar-refractivity contribution in [3.8, 4) is 0 Å². The molecule has 0 aliphatic rings. The summed E-state index contributed by atoms with van der Waals surface area (Å²) in [5.41, 5.74) is 2.29. The molecule has 0 atom stereocenters. The molecule has 0 fully saturated rings. The molecule has 1 N–H and O–H groups in total. The van der Waals surface area contributed by atoms with Gasteiger partial charge in [-0.25, -0.2) is 4.98 Å². The van der Waals surface area contributed by atoms with Gasteiger partial charge in [-0.05, 0) is 25.5 Å². The van der Waals surface area contributed by atoms with Gasteiger partial charge < -0.3 is 9.51 Å². The Morgan fingerprint density at radius 3 is 2.71 bits per heavy atom. The van der Waals surface area contributed by atoms with Crippen molar-refractivity contribution < 1.29 is 18.3 Å². The third-order valence-corrected chi connectivity index (χ3v) is 3.17. The van der Waals surface area contributed by atoms with Gasteiger partial charge in [-0.1, -0.05) is 6.07 Å². The third-order valence-electron chi connectivity index (χ3n) is 3.17. The first-order chi connectivity index (χ1) is 9.89. The molecule has 0 amide bonds. The van der Waals surface area contributed by atoms with Crippen molar-refractivity contribution in [3.63, 3.8) is 0 Å². The molecule has 0 saturated heterocycles. The number of rotatable bonds is 6. The number of hydrogen-bond acceptors (Lipinski definition) is 3. The molecule has 2 rings (SSSR count). The lowest BCUT2D eigenvalue weighted by Gasteiger charge is -2.22. The van der Waals surface area contributed by atoms with Crippen LogP contribution in [0, 0.1) is 6.92 Å². The van der Waals surface area contributed by atoms with E-state index in [1.165, 1.54) is 4.90 Å². The first-order valence-corrected chi connectivity index (χ1v) is 6.72. The van der Waals surface area contributed by atoms with Gasteiger partial charge in [0.05, 0.1) is 12.2 Å². The molecule has 0 aliphatic carbocycles. The van der Waals surface area contributed by atoms with Crippen LogP contribution in [-0.2, 0) is 6.54 Å². The van der Waals surface area contributed by atoms with E-state index in [-0.39, 0.29) is 19.7 Å². The van der Waals surface area contributed by atoms with Crippen LogP contribution >= 0.6 is 0 Å². The lowest BCUT2D eigenvalue weighted by atomic mass is 10.3. The van der Waals surface area contributed by atoms with E-state index < -0.39 is 12.7 Å². The topological polar surface area (TPSA) is 40.8 Å². The lowest BCUT2D eigenvalue weighted by Crippen LogP contribution is -2.35. The van der Waals surface area contributed by atoms with E-state index in [1.807, 2.05) is 29.5 Å². The van der Waals surface area contributed by atoms with Crippen molar-refractivity contribution in [1.29, 1.82) is 0 Å². The quantitative estimate of drug-likeness (QED) is 0.890. The maximum Gasteiger partial charge on any atom is 0.401 e. The van der Waals surface area contributed by atoms with Gasteiger partial charge in [0.1, 0.15) is 5.65 Å². The Kier molecular flexibility index (Phi) is 4.84. The molecule has 0 spiro atoms. The number of halogens is 3. The number of aliphatic hydroxyl groups excluding tert-OH is 1. The number of aryl methyl sites for hydroxylation is 1. The van der Waals surface area contributed by atoms with E-state index >= 15 is 0 Å². The monoisotopic (exact) mass is 301 g/mol. The molecule has 0 aliphatic heterocycles. The second-order valence-electron chi connectivity index (χ2n) is 5.03. The summed E-state index contributed by atoms with van der Waals surface area (Å²) in [5, 5.41) is 8.80. The molecule has 4 nitrogen and oxygen atoms in total. The minimum atomic E-state index is -4.26. The minimum Gasteiger partial charge on any atom is -0.396 e. The summed E-state index contributed by atoms with van der Waals surface area (Å²) in [4.78, 5) is 5.60. The van der Waals surface area contributed by atoms with Crippen molar-refractivity contribution in [2.24, 2.45) is 0 Å².